The predicted octanol–water partition coefficient (Wildman–Crippen LogP) is 4.46. The molecule has 0 fully saturated rings. The normalized spacial score (nSPS) is 14.9. The van der Waals surface area contributed by atoms with Gasteiger partial charge in [-0.3, -0.25) is 0 Å². The summed E-state index contributed by atoms with van der Waals surface area (Å²) in [6.07, 6.45) is 1.43. The molecule has 0 spiro atoms. The molecule has 0 bridgehead atoms. The molecule has 2 atom stereocenters. The Balaban J connectivity index is 0. The molecule has 2 N–H and O–H groups in total. The minimum absolute atomic E-state index is 0.322. The average Bonchev–Trinajstić information content (AvgIpc) is 2.52. The Morgan fingerprint density at radius 1 is 0.724 bits per heavy atom. The van der Waals surface area contributed by atoms with Crippen molar-refractivity contribution in [3.8, 4) is 0 Å². The van der Waals surface area contributed by atoms with E-state index in [9.17, 15) is 0 Å². The first-order valence-corrected chi connectivity index (χ1v) is 20.5. The quantitative estimate of drug-likeness (QED) is 0.272. The summed E-state index contributed by atoms with van der Waals surface area (Å²) in [5.74, 6) is 0. The zero-order valence-corrected chi connectivity index (χ0v) is 23.8. The Morgan fingerprint density at radius 3 is 1.48 bits per heavy atom. The van der Waals surface area contributed by atoms with Crippen molar-refractivity contribution in [2.24, 2.45) is 0 Å². The largest absolute Gasteiger partial charge is 0.436 e. The molecule has 0 aromatic heterocycles. The van der Waals surface area contributed by atoms with Gasteiger partial charge in [-0.2, -0.15) is 0 Å². The fourth-order valence-corrected chi connectivity index (χ4v) is 10.8. The Morgan fingerprint density at radius 2 is 1.14 bits per heavy atom. The zero-order valence-electron chi connectivity index (χ0n) is 20.8. The second-order valence-electron chi connectivity index (χ2n) is 10.1. The minimum atomic E-state index is -1.92. The topological polar surface area (TPSA) is 77.4 Å². The lowest BCUT2D eigenvalue weighted by atomic mass is 10.4. The van der Waals surface area contributed by atoms with Crippen LogP contribution >= 0.6 is 0 Å². The van der Waals surface area contributed by atoms with Gasteiger partial charge in [-0.15, -0.1) is 0 Å². The van der Waals surface area contributed by atoms with Gasteiger partial charge in [0.05, 0.1) is 25.4 Å². The lowest BCUT2D eigenvalue weighted by molar-refractivity contribution is 0.0463. The molecular formula is C20H50O6Si3. The average molecular weight is 471 g/mol. The molecule has 0 aromatic carbocycles. The van der Waals surface area contributed by atoms with Gasteiger partial charge in [-0.05, 0) is 58.9 Å². The van der Waals surface area contributed by atoms with Crippen molar-refractivity contribution in [2.75, 3.05) is 33.5 Å². The maximum absolute atomic E-state index is 9.04. The lowest BCUT2D eigenvalue weighted by Gasteiger charge is -2.32. The lowest BCUT2D eigenvalue weighted by Crippen LogP contribution is -2.45. The third-order valence-electron chi connectivity index (χ3n) is 4.01. The molecular weight excluding hydrogens is 420 g/mol. The van der Waals surface area contributed by atoms with Crippen molar-refractivity contribution in [3.63, 3.8) is 0 Å². The van der Waals surface area contributed by atoms with E-state index in [1.807, 2.05) is 0 Å². The van der Waals surface area contributed by atoms with Crippen molar-refractivity contribution in [1.82, 2.24) is 0 Å². The van der Waals surface area contributed by atoms with E-state index in [1.54, 1.807) is 21.0 Å². The SMILES string of the molecule is CC(O)COCCC[Si](C)(C)C.CO[Si](C)(C)O[Si](C)(C)CCCOCC(C)O. The number of rotatable bonds is 15. The molecule has 0 radical (unpaired) electrons. The van der Waals surface area contributed by atoms with E-state index in [4.69, 9.17) is 28.2 Å². The Kier molecular flexibility index (Phi) is 17.5. The van der Waals surface area contributed by atoms with Crippen LogP contribution in [0.1, 0.15) is 26.7 Å². The molecule has 6 nitrogen and oxygen atoms in total. The molecule has 0 saturated heterocycles. The highest BCUT2D eigenvalue weighted by atomic mass is 28.4. The number of aliphatic hydroxyl groups is 2. The third-order valence-corrected chi connectivity index (χ3v) is 12.6. The Labute approximate surface area is 183 Å². The van der Waals surface area contributed by atoms with E-state index in [1.165, 1.54) is 6.04 Å². The number of aliphatic hydroxyl groups excluding tert-OH is 2. The molecule has 2 unspecified atom stereocenters. The van der Waals surface area contributed by atoms with E-state index in [-0.39, 0.29) is 12.2 Å². The minimum Gasteiger partial charge on any atom is -0.436 e. The van der Waals surface area contributed by atoms with Crippen LogP contribution in [0.25, 0.3) is 0 Å². The summed E-state index contributed by atoms with van der Waals surface area (Å²) in [5, 5.41) is 17.9. The van der Waals surface area contributed by atoms with Gasteiger partial charge < -0.3 is 28.2 Å². The Hall–Kier alpha value is 0.411. The summed E-state index contributed by atoms with van der Waals surface area (Å²) in [4.78, 5) is 0. The number of hydrogen-bond donors (Lipinski definition) is 2. The zero-order chi connectivity index (χ0) is 23.1. The van der Waals surface area contributed by atoms with E-state index in [0.29, 0.717) is 19.8 Å². The van der Waals surface area contributed by atoms with Crippen LogP contribution in [-0.4, -0.2) is 80.9 Å². The summed E-state index contributed by atoms with van der Waals surface area (Å²) in [6, 6.07) is 2.37. The molecule has 0 aliphatic heterocycles. The molecule has 0 aliphatic carbocycles. The number of hydrogen-bond acceptors (Lipinski definition) is 6. The van der Waals surface area contributed by atoms with Gasteiger partial charge in [-0.1, -0.05) is 25.7 Å². The molecule has 0 amide bonds. The smallest absolute Gasteiger partial charge is 0.321 e. The second-order valence-corrected chi connectivity index (χ2v) is 23.7. The molecule has 9 heteroatoms. The van der Waals surface area contributed by atoms with Crippen molar-refractivity contribution < 1.29 is 28.2 Å². The van der Waals surface area contributed by atoms with Gasteiger partial charge in [0.25, 0.3) is 0 Å². The fourth-order valence-electron chi connectivity index (χ4n) is 2.57. The van der Waals surface area contributed by atoms with Crippen molar-refractivity contribution in [1.29, 1.82) is 0 Å². The summed E-state index contributed by atoms with van der Waals surface area (Å²) in [5.41, 5.74) is 0. The van der Waals surface area contributed by atoms with Crippen LogP contribution in [0.5, 0.6) is 0 Å². The first-order chi connectivity index (χ1) is 13.1. The monoisotopic (exact) mass is 470 g/mol. The molecule has 0 saturated carbocycles. The van der Waals surface area contributed by atoms with Crippen LogP contribution in [0.15, 0.2) is 0 Å². The number of ether oxygens (including phenoxy) is 2. The van der Waals surface area contributed by atoms with Gasteiger partial charge in [0.15, 0.2) is 8.32 Å². The van der Waals surface area contributed by atoms with Crippen LogP contribution in [0.3, 0.4) is 0 Å². The highest BCUT2D eigenvalue weighted by Gasteiger charge is 2.33. The fraction of sp³-hybridized carbons (Fsp3) is 1.00. The summed E-state index contributed by atoms with van der Waals surface area (Å²) in [6.45, 7) is 21.5. The van der Waals surface area contributed by atoms with Gasteiger partial charge in [-0.25, -0.2) is 0 Å². The summed E-state index contributed by atoms with van der Waals surface area (Å²) in [7, 11) is -2.71. The molecule has 0 heterocycles. The second kappa shape index (κ2) is 16.1. The molecule has 29 heavy (non-hydrogen) atoms. The van der Waals surface area contributed by atoms with Crippen LogP contribution in [0.4, 0.5) is 0 Å². The van der Waals surface area contributed by atoms with Crippen LogP contribution in [0, 0.1) is 0 Å². The Bertz CT molecular complexity index is 385. The molecule has 178 valence electrons. The van der Waals surface area contributed by atoms with E-state index in [0.717, 1.165) is 25.5 Å². The van der Waals surface area contributed by atoms with Crippen LogP contribution in [0.2, 0.25) is 57.9 Å². The van der Waals surface area contributed by atoms with Gasteiger partial charge in [0.2, 0.25) is 0 Å². The summed E-state index contributed by atoms with van der Waals surface area (Å²) < 4.78 is 22.2. The van der Waals surface area contributed by atoms with Gasteiger partial charge in [0, 0.05) is 28.4 Å². The van der Waals surface area contributed by atoms with Crippen LogP contribution in [-0.2, 0) is 18.0 Å². The highest BCUT2D eigenvalue weighted by molar-refractivity contribution is 6.82. The van der Waals surface area contributed by atoms with Crippen LogP contribution < -0.4 is 0 Å². The van der Waals surface area contributed by atoms with Crippen molar-refractivity contribution in [2.45, 2.75) is 96.8 Å². The van der Waals surface area contributed by atoms with E-state index < -0.39 is 25.0 Å². The summed E-state index contributed by atoms with van der Waals surface area (Å²) >= 11 is 0. The van der Waals surface area contributed by atoms with E-state index in [2.05, 4.69) is 45.8 Å². The maximum Gasteiger partial charge on any atom is 0.321 e. The molecule has 0 aromatic rings. The first-order valence-electron chi connectivity index (χ1n) is 10.9. The standard InChI is InChI=1S/C11H28O4Si2.C9H22O2Si/c1-11(12)10-14-8-7-9-16(3,4)15-17(5,6)13-2;1-9(10)8-11-6-5-7-12(2,3)4/h11-12H,7-10H2,1-6H3;9-10H,5-8H2,1-4H3. The highest BCUT2D eigenvalue weighted by Crippen LogP contribution is 2.20. The predicted molar refractivity (Wildman–Crippen MR) is 130 cm³/mol. The first kappa shape index (κ1) is 31.6. The molecule has 0 rings (SSSR count). The van der Waals surface area contributed by atoms with Crippen molar-refractivity contribution in [3.05, 3.63) is 0 Å². The molecule has 0 aliphatic rings. The van der Waals surface area contributed by atoms with Gasteiger partial charge in [0.1, 0.15) is 0 Å². The third kappa shape index (κ3) is 26.4. The van der Waals surface area contributed by atoms with Crippen molar-refractivity contribution >= 4 is 25.0 Å². The van der Waals surface area contributed by atoms with Gasteiger partial charge >= 0.3 is 8.56 Å². The van der Waals surface area contributed by atoms with E-state index >= 15 is 0 Å². The maximum atomic E-state index is 9.04.